The van der Waals surface area contributed by atoms with Crippen LogP contribution >= 0.6 is 46.4 Å². The molecule has 9 heteroatoms. The van der Waals surface area contributed by atoms with E-state index in [0.29, 0.717) is 26.2 Å². The lowest BCUT2D eigenvalue weighted by molar-refractivity contribution is 0.134. The number of rotatable bonds is 19. The molecule has 0 saturated heterocycles. The monoisotopic (exact) mass is 553 g/mol. The van der Waals surface area contributed by atoms with E-state index in [1.165, 1.54) is 6.08 Å². The van der Waals surface area contributed by atoms with Crippen molar-refractivity contribution in [3.05, 3.63) is 44.4 Å². The molecule has 1 aromatic carbocycles. The molecule has 0 saturated carbocycles. The van der Waals surface area contributed by atoms with Gasteiger partial charge in [0.15, 0.2) is 0 Å². The van der Waals surface area contributed by atoms with E-state index < -0.39 is 0 Å². The molecular weight excluding hydrogens is 520 g/mol. The standard InChI is InChI=1S/C25H35Cl4NO4/c1-3-20-18-22(32-16-10-23(26)27)19-21(4-2)25(20)33-15-8-6-5-7-13-31-14-9-12-30-34-17-11-24(28)29/h10-12,18-19H,3-9,13-17H2,1-2H3. The van der Waals surface area contributed by atoms with Crippen LogP contribution in [0.5, 0.6) is 11.5 Å². The van der Waals surface area contributed by atoms with Crippen LogP contribution in [-0.2, 0) is 22.4 Å². The predicted molar refractivity (Wildman–Crippen MR) is 144 cm³/mol. The number of ether oxygens (including phenoxy) is 3. The van der Waals surface area contributed by atoms with Gasteiger partial charge in [-0.15, -0.1) is 0 Å². The highest BCUT2D eigenvalue weighted by Crippen LogP contribution is 2.31. The highest BCUT2D eigenvalue weighted by molar-refractivity contribution is 6.56. The molecule has 0 amide bonds. The molecular formula is C25H35Cl4NO4. The molecule has 0 bridgehead atoms. The van der Waals surface area contributed by atoms with Crippen molar-refractivity contribution in [2.45, 2.75) is 58.8 Å². The van der Waals surface area contributed by atoms with Crippen molar-refractivity contribution in [3.63, 3.8) is 0 Å². The van der Waals surface area contributed by atoms with E-state index in [9.17, 15) is 0 Å². The third-order valence-corrected chi connectivity index (χ3v) is 5.36. The van der Waals surface area contributed by atoms with Crippen LogP contribution in [0.15, 0.2) is 38.4 Å². The second-order valence-corrected chi connectivity index (χ2v) is 9.34. The summed E-state index contributed by atoms with van der Waals surface area (Å²) in [4.78, 5) is 4.96. The second-order valence-electron chi connectivity index (χ2n) is 7.32. The Bertz CT molecular complexity index is 751. The van der Waals surface area contributed by atoms with Crippen LogP contribution in [0.3, 0.4) is 0 Å². The van der Waals surface area contributed by atoms with Crippen molar-refractivity contribution in [2.75, 3.05) is 33.0 Å². The zero-order chi connectivity index (χ0) is 25.0. The van der Waals surface area contributed by atoms with Gasteiger partial charge < -0.3 is 19.0 Å². The molecule has 0 radical (unpaired) electrons. The van der Waals surface area contributed by atoms with Crippen molar-refractivity contribution in [2.24, 2.45) is 5.16 Å². The molecule has 34 heavy (non-hydrogen) atoms. The first kappa shape index (κ1) is 30.9. The SMILES string of the molecule is CCc1cc(OCC=C(Cl)Cl)cc(CC)c1OCCCCCCOCCC=NOCC=C(Cl)Cl. The molecule has 0 unspecified atom stereocenters. The maximum atomic E-state index is 6.18. The fraction of sp³-hybridized carbons (Fsp3) is 0.560. The van der Waals surface area contributed by atoms with Crippen LogP contribution in [0, 0.1) is 0 Å². The number of oxime groups is 1. The molecule has 0 aliphatic carbocycles. The summed E-state index contributed by atoms with van der Waals surface area (Å²) in [6.07, 6.45) is 11.5. The summed E-state index contributed by atoms with van der Waals surface area (Å²) in [6.45, 7) is 6.90. The molecule has 5 nitrogen and oxygen atoms in total. The van der Waals surface area contributed by atoms with Gasteiger partial charge in [-0.05, 0) is 67.5 Å². The van der Waals surface area contributed by atoms with Gasteiger partial charge in [-0.1, -0.05) is 71.8 Å². The van der Waals surface area contributed by atoms with Gasteiger partial charge in [0.05, 0.1) is 13.2 Å². The van der Waals surface area contributed by atoms with Crippen molar-refractivity contribution >= 4 is 52.6 Å². The lowest BCUT2D eigenvalue weighted by Crippen LogP contribution is -2.05. The van der Waals surface area contributed by atoms with Gasteiger partial charge in [-0.3, -0.25) is 0 Å². The van der Waals surface area contributed by atoms with Crippen LogP contribution in [0.25, 0.3) is 0 Å². The topological polar surface area (TPSA) is 49.3 Å². The summed E-state index contributed by atoms with van der Waals surface area (Å²) in [5, 5.41) is 3.79. The van der Waals surface area contributed by atoms with Crippen molar-refractivity contribution < 1.29 is 19.0 Å². The fourth-order valence-corrected chi connectivity index (χ4v) is 3.29. The first-order chi connectivity index (χ1) is 16.5. The summed E-state index contributed by atoms with van der Waals surface area (Å²) in [5.74, 6) is 1.79. The minimum atomic E-state index is 0.171. The number of benzene rings is 1. The van der Waals surface area contributed by atoms with E-state index in [-0.39, 0.29) is 15.6 Å². The minimum Gasteiger partial charge on any atom is -0.493 e. The van der Waals surface area contributed by atoms with E-state index in [0.717, 1.165) is 67.8 Å². The Morgan fingerprint density at radius 2 is 1.41 bits per heavy atom. The molecule has 0 aliphatic rings. The van der Waals surface area contributed by atoms with Crippen LogP contribution < -0.4 is 9.47 Å². The number of halogens is 4. The average Bonchev–Trinajstić information content (AvgIpc) is 2.81. The predicted octanol–water partition coefficient (Wildman–Crippen LogP) is 8.18. The normalized spacial score (nSPS) is 10.9. The Kier molecular flexibility index (Phi) is 18.3. The van der Waals surface area contributed by atoms with Crippen molar-refractivity contribution in [1.29, 1.82) is 0 Å². The van der Waals surface area contributed by atoms with Crippen LogP contribution in [0.2, 0.25) is 0 Å². The summed E-state index contributed by atoms with van der Waals surface area (Å²) in [7, 11) is 0. The number of unbranched alkanes of at least 4 members (excludes halogenated alkanes) is 3. The first-order valence-electron chi connectivity index (χ1n) is 11.6. The summed E-state index contributed by atoms with van der Waals surface area (Å²) in [5.41, 5.74) is 2.30. The molecule has 0 spiro atoms. The largest absolute Gasteiger partial charge is 0.493 e. The number of hydrogen-bond donors (Lipinski definition) is 0. The van der Waals surface area contributed by atoms with Crippen LogP contribution in [-0.4, -0.2) is 39.2 Å². The zero-order valence-corrected chi connectivity index (χ0v) is 23.0. The number of aryl methyl sites for hydroxylation is 2. The Morgan fingerprint density at radius 3 is 2.03 bits per heavy atom. The Morgan fingerprint density at radius 1 is 0.794 bits per heavy atom. The molecule has 0 N–H and O–H groups in total. The third-order valence-electron chi connectivity index (χ3n) is 4.75. The lowest BCUT2D eigenvalue weighted by atomic mass is 10.0. The van der Waals surface area contributed by atoms with E-state index in [1.54, 1.807) is 12.3 Å². The second kappa shape index (κ2) is 20.1. The van der Waals surface area contributed by atoms with E-state index >= 15 is 0 Å². The third kappa shape index (κ3) is 15.0. The molecule has 0 atom stereocenters. The highest BCUT2D eigenvalue weighted by Gasteiger charge is 2.11. The van der Waals surface area contributed by atoms with Gasteiger partial charge in [0.1, 0.15) is 33.7 Å². The highest BCUT2D eigenvalue weighted by atomic mass is 35.5. The smallest absolute Gasteiger partial charge is 0.138 e. The van der Waals surface area contributed by atoms with E-state index in [2.05, 4.69) is 19.0 Å². The maximum Gasteiger partial charge on any atom is 0.138 e. The first-order valence-corrected chi connectivity index (χ1v) is 13.1. The van der Waals surface area contributed by atoms with Crippen LogP contribution in [0.4, 0.5) is 0 Å². The molecule has 0 heterocycles. The van der Waals surface area contributed by atoms with Gasteiger partial charge in [0, 0.05) is 19.2 Å². The number of nitrogens with zero attached hydrogens (tertiary/aromatic N) is 1. The quantitative estimate of drug-likeness (QED) is 0.0982. The zero-order valence-electron chi connectivity index (χ0n) is 20.0. The fourth-order valence-electron chi connectivity index (χ4n) is 3.04. The molecule has 1 aromatic rings. The van der Waals surface area contributed by atoms with Gasteiger partial charge in [0.2, 0.25) is 0 Å². The van der Waals surface area contributed by atoms with Crippen molar-refractivity contribution in [1.82, 2.24) is 0 Å². The summed E-state index contributed by atoms with van der Waals surface area (Å²) in [6, 6.07) is 4.07. The van der Waals surface area contributed by atoms with Gasteiger partial charge in [-0.2, -0.15) is 0 Å². The van der Waals surface area contributed by atoms with Gasteiger partial charge in [0.25, 0.3) is 0 Å². The molecule has 1 rings (SSSR count). The molecule has 0 aromatic heterocycles. The Hall–Kier alpha value is -1.11. The van der Waals surface area contributed by atoms with Crippen molar-refractivity contribution in [3.8, 4) is 11.5 Å². The van der Waals surface area contributed by atoms with Gasteiger partial charge >= 0.3 is 0 Å². The number of hydrogen-bond acceptors (Lipinski definition) is 5. The minimum absolute atomic E-state index is 0.171. The lowest BCUT2D eigenvalue weighted by Gasteiger charge is -2.17. The van der Waals surface area contributed by atoms with Gasteiger partial charge in [-0.25, -0.2) is 0 Å². The average molecular weight is 555 g/mol. The Labute approximate surface area is 224 Å². The Balaban J connectivity index is 2.22. The maximum absolute atomic E-state index is 6.18. The molecule has 0 aliphatic heterocycles. The summed E-state index contributed by atoms with van der Waals surface area (Å²) >= 11 is 22.2. The van der Waals surface area contributed by atoms with E-state index in [1.807, 2.05) is 12.1 Å². The molecule has 192 valence electrons. The van der Waals surface area contributed by atoms with E-state index in [4.69, 9.17) is 65.5 Å². The molecule has 0 fully saturated rings. The summed E-state index contributed by atoms with van der Waals surface area (Å²) < 4.78 is 17.9. The van der Waals surface area contributed by atoms with Crippen LogP contribution in [0.1, 0.15) is 57.1 Å².